The first kappa shape index (κ1) is 18.1. The summed E-state index contributed by atoms with van der Waals surface area (Å²) in [6, 6.07) is 8.92. The van der Waals surface area contributed by atoms with Crippen molar-refractivity contribution in [3.8, 4) is 0 Å². The van der Waals surface area contributed by atoms with E-state index in [2.05, 4.69) is 15.4 Å². The lowest BCUT2D eigenvalue weighted by molar-refractivity contribution is 0.0950. The number of anilines is 1. The van der Waals surface area contributed by atoms with Crippen LogP contribution in [-0.4, -0.2) is 25.5 Å². The van der Waals surface area contributed by atoms with Crippen molar-refractivity contribution in [3.63, 3.8) is 0 Å². The fourth-order valence-electron chi connectivity index (χ4n) is 1.83. The van der Waals surface area contributed by atoms with Gasteiger partial charge in [-0.05, 0) is 62.5 Å². The molecule has 0 spiro atoms. The summed E-state index contributed by atoms with van der Waals surface area (Å²) < 4.78 is 31.5. The Bertz CT molecular complexity index is 813. The lowest BCUT2D eigenvalue weighted by Gasteiger charge is -2.11. The van der Waals surface area contributed by atoms with Gasteiger partial charge in [0.25, 0.3) is 5.91 Å². The van der Waals surface area contributed by atoms with Crippen LogP contribution in [0.15, 0.2) is 52.0 Å². The monoisotopic (exact) mass is 367 g/mol. The van der Waals surface area contributed by atoms with Gasteiger partial charge >= 0.3 is 0 Å². The number of sulfonamides is 1. The molecule has 1 aromatic carbocycles. The normalized spacial score (nSPS) is 11.3. The number of amides is 1. The number of hydrogen-bond acceptors (Lipinski definition) is 5. The van der Waals surface area contributed by atoms with Crippen molar-refractivity contribution in [1.29, 1.82) is 0 Å². The summed E-state index contributed by atoms with van der Waals surface area (Å²) in [7, 11) is -3.55. The van der Waals surface area contributed by atoms with E-state index < -0.39 is 15.9 Å². The number of furan rings is 1. The number of rotatable bonds is 5. The Kier molecular flexibility index (Phi) is 5.71. The van der Waals surface area contributed by atoms with Gasteiger partial charge in [0.2, 0.25) is 10.0 Å². The van der Waals surface area contributed by atoms with E-state index >= 15 is 0 Å². The summed E-state index contributed by atoms with van der Waals surface area (Å²) in [5.74, 6) is -0.335. The summed E-state index contributed by atoms with van der Waals surface area (Å²) in [6.07, 6.45) is 1.38. The van der Waals surface area contributed by atoms with Crippen LogP contribution in [0, 0.1) is 0 Å². The van der Waals surface area contributed by atoms with Crippen LogP contribution in [-0.2, 0) is 10.0 Å². The fraction of sp³-hybridized carbons (Fsp3) is 0.200. The van der Waals surface area contributed by atoms with E-state index in [1.807, 2.05) is 0 Å². The smallest absolute Gasteiger partial charge is 0.293 e. The summed E-state index contributed by atoms with van der Waals surface area (Å²) in [5.41, 5.74) is 0.545. The van der Waals surface area contributed by atoms with E-state index in [9.17, 15) is 13.2 Å². The summed E-state index contributed by atoms with van der Waals surface area (Å²) in [4.78, 5) is 11.9. The minimum absolute atomic E-state index is 0.0762. The van der Waals surface area contributed by atoms with Gasteiger partial charge < -0.3 is 9.73 Å². The summed E-state index contributed by atoms with van der Waals surface area (Å²) >= 11 is 5.03. The Morgan fingerprint density at radius 1 is 1.17 bits per heavy atom. The molecule has 128 valence electrons. The highest BCUT2D eigenvalue weighted by Crippen LogP contribution is 2.14. The number of carbonyl (C=O) groups is 1. The zero-order chi connectivity index (χ0) is 17.7. The molecule has 1 amide bonds. The van der Waals surface area contributed by atoms with Crippen LogP contribution in [0.1, 0.15) is 24.4 Å². The molecule has 1 heterocycles. The molecule has 2 rings (SSSR count). The van der Waals surface area contributed by atoms with Crippen molar-refractivity contribution in [2.24, 2.45) is 0 Å². The lowest BCUT2D eigenvalue weighted by atomic mass is 10.3. The van der Waals surface area contributed by atoms with E-state index in [-0.39, 0.29) is 21.8 Å². The number of benzene rings is 1. The molecule has 0 bridgehead atoms. The predicted octanol–water partition coefficient (Wildman–Crippen LogP) is 2.09. The molecule has 0 aliphatic heterocycles. The summed E-state index contributed by atoms with van der Waals surface area (Å²) in [5, 5.41) is 5.33. The molecule has 7 nitrogen and oxygen atoms in total. The third-order valence-corrected chi connectivity index (χ3v) is 4.66. The van der Waals surface area contributed by atoms with Gasteiger partial charge in [0.05, 0.1) is 11.2 Å². The fourth-order valence-corrected chi connectivity index (χ4v) is 3.29. The molecule has 24 heavy (non-hydrogen) atoms. The highest BCUT2D eigenvalue weighted by atomic mass is 32.2. The minimum Gasteiger partial charge on any atom is -0.459 e. The van der Waals surface area contributed by atoms with Crippen molar-refractivity contribution < 1.29 is 17.6 Å². The third-order valence-electron chi connectivity index (χ3n) is 2.79. The van der Waals surface area contributed by atoms with E-state index in [4.69, 9.17) is 16.6 Å². The highest BCUT2D eigenvalue weighted by molar-refractivity contribution is 7.89. The van der Waals surface area contributed by atoms with E-state index in [1.54, 1.807) is 32.0 Å². The van der Waals surface area contributed by atoms with Gasteiger partial charge in [-0.15, -0.1) is 0 Å². The first-order valence-electron chi connectivity index (χ1n) is 7.06. The average molecular weight is 367 g/mol. The van der Waals surface area contributed by atoms with Crippen molar-refractivity contribution >= 4 is 38.9 Å². The van der Waals surface area contributed by atoms with Crippen LogP contribution in [0.5, 0.6) is 0 Å². The Morgan fingerprint density at radius 2 is 1.83 bits per heavy atom. The molecule has 0 radical (unpaired) electrons. The maximum atomic E-state index is 12.0. The molecule has 0 aliphatic carbocycles. The van der Waals surface area contributed by atoms with Gasteiger partial charge in [0.1, 0.15) is 0 Å². The Labute approximate surface area is 145 Å². The van der Waals surface area contributed by atoms with Crippen LogP contribution >= 0.6 is 12.2 Å². The predicted molar refractivity (Wildman–Crippen MR) is 94.3 cm³/mol. The quantitative estimate of drug-likeness (QED) is 0.700. The van der Waals surface area contributed by atoms with Gasteiger partial charge in [-0.1, -0.05) is 0 Å². The van der Waals surface area contributed by atoms with E-state index in [0.717, 1.165) is 0 Å². The number of nitrogens with one attached hydrogen (secondary N) is 3. The van der Waals surface area contributed by atoms with Crippen LogP contribution < -0.4 is 15.4 Å². The lowest BCUT2D eigenvalue weighted by Crippen LogP contribution is -2.34. The Balaban J connectivity index is 1.99. The Morgan fingerprint density at radius 3 is 2.38 bits per heavy atom. The van der Waals surface area contributed by atoms with Gasteiger partial charge in [-0.2, -0.15) is 0 Å². The number of hydrogen-bond donors (Lipinski definition) is 3. The number of thiocarbonyl (C=S) groups is 1. The largest absolute Gasteiger partial charge is 0.459 e. The Hall–Kier alpha value is -2.23. The molecule has 2 aromatic rings. The maximum Gasteiger partial charge on any atom is 0.293 e. The molecule has 1 aromatic heterocycles. The standard InChI is InChI=1S/C15H17N3O4S2/c1-10(2)18-24(20,21)12-7-5-11(6-8-12)16-15(23)17-14(19)13-4-3-9-22-13/h3-10,18H,1-2H3,(H2,16,17,19,23). The molecule has 0 aliphatic rings. The second-order valence-electron chi connectivity index (χ2n) is 5.19. The van der Waals surface area contributed by atoms with Crippen molar-refractivity contribution in [2.75, 3.05) is 5.32 Å². The van der Waals surface area contributed by atoms with Crippen LogP contribution in [0.2, 0.25) is 0 Å². The molecule has 0 atom stereocenters. The number of carbonyl (C=O) groups excluding carboxylic acids is 1. The minimum atomic E-state index is -3.55. The molecule has 0 fully saturated rings. The second kappa shape index (κ2) is 7.56. The zero-order valence-corrected chi connectivity index (χ0v) is 14.7. The average Bonchev–Trinajstić information content (AvgIpc) is 3.00. The van der Waals surface area contributed by atoms with Crippen molar-refractivity contribution in [3.05, 3.63) is 48.4 Å². The van der Waals surface area contributed by atoms with Crippen LogP contribution in [0.4, 0.5) is 5.69 Å². The zero-order valence-electron chi connectivity index (χ0n) is 13.1. The van der Waals surface area contributed by atoms with Crippen LogP contribution in [0.3, 0.4) is 0 Å². The van der Waals surface area contributed by atoms with E-state index in [1.165, 1.54) is 24.5 Å². The van der Waals surface area contributed by atoms with Gasteiger partial charge in [-0.25, -0.2) is 13.1 Å². The van der Waals surface area contributed by atoms with E-state index in [0.29, 0.717) is 5.69 Å². The SMILES string of the molecule is CC(C)NS(=O)(=O)c1ccc(NC(=S)NC(=O)c2ccco2)cc1. The van der Waals surface area contributed by atoms with Crippen molar-refractivity contribution in [1.82, 2.24) is 10.0 Å². The molecule has 0 saturated carbocycles. The van der Waals surface area contributed by atoms with Gasteiger partial charge in [0.15, 0.2) is 10.9 Å². The van der Waals surface area contributed by atoms with Crippen LogP contribution in [0.25, 0.3) is 0 Å². The van der Waals surface area contributed by atoms with Crippen molar-refractivity contribution in [2.45, 2.75) is 24.8 Å². The van der Waals surface area contributed by atoms with Gasteiger partial charge in [-0.3, -0.25) is 10.1 Å². The molecule has 0 saturated heterocycles. The first-order valence-corrected chi connectivity index (χ1v) is 8.95. The highest BCUT2D eigenvalue weighted by Gasteiger charge is 2.15. The molecular weight excluding hydrogens is 350 g/mol. The first-order chi connectivity index (χ1) is 11.3. The topological polar surface area (TPSA) is 100 Å². The molecular formula is C15H17N3O4S2. The second-order valence-corrected chi connectivity index (χ2v) is 7.31. The third kappa shape index (κ3) is 4.88. The molecule has 3 N–H and O–H groups in total. The molecule has 9 heteroatoms. The summed E-state index contributed by atoms with van der Waals surface area (Å²) in [6.45, 7) is 3.49. The molecule has 0 unspecified atom stereocenters. The van der Waals surface area contributed by atoms with Gasteiger partial charge in [0, 0.05) is 11.7 Å². The maximum absolute atomic E-state index is 12.0.